The zero-order valence-corrected chi connectivity index (χ0v) is 13.3. The number of aromatic nitrogens is 2. The van der Waals surface area contributed by atoms with Gasteiger partial charge in [0.05, 0.1) is 12.1 Å². The standard InChI is InChI=1S/C16H13Cl2N3O/c1-22-14-7-6-10(8-13(14)17)9-19-16-12-5-3-2-4-11(12)15(18)20-21-16/h2-8H,9H2,1H3,(H,19,21). The van der Waals surface area contributed by atoms with Gasteiger partial charge in [0.1, 0.15) is 5.75 Å². The highest BCUT2D eigenvalue weighted by Gasteiger charge is 2.08. The molecule has 0 radical (unpaired) electrons. The number of benzene rings is 2. The van der Waals surface area contributed by atoms with Crippen LogP contribution in [-0.2, 0) is 6.54 Å². The van der Waals surface area contributed by atoms with Gasteiger partial charge in [-0.25, -0.2) is 0 Å². The largest absolute Gasteiger partial charge is 0.495 e. The molecule has 0 aliphatic heterocycles. The molecule has 0 saturated heterocycles. The average molecular weight is 334 g/mol. The van der Waals surface area contributed by atoms with Gasteiger partial charge in [-0.05, 0) is 17.7 Å². The van der Waals surface area contributed by atoms with Crippen LogP contribution in [0.2, 0.25) is 10.2 Å². The lowest BCUT2D eigenvalue weighted by molar-refractivity contribution is 0.415. The highest BCUT2D eigenvalue weighted by Crippen LogP contribution is 2.27. The summed E-state index contributed by atoms with van der Waals surface area (Å²) in [5.74, 6) is 1.34. The minimum atomic E-state index is 0.397. The van der Waals surface area contributed by atoms with Crippen LogP contribution in [0.1, 0.15) is 5.56 Å². The molecule has 0 fully saturated rings. The van der Waals surface area contributed by atoms with Crippen molar-refractivity contribution in [1.29, 1.82) is 0 Å². The van der Waals surface area contributed by atoms with Gasteiger partial charge in [0.2, 0.25) is 0 Å². The Morgan fingerprint density at radius 1 is 1.05 bits per heavy atom. The van der Waals surface area contributed by atoms with Crippen LogP contribution in [0.15, 0.2) is 42.5 Å². The molecule has 1 aromatic heterocycles. The summed E-state index contributed by atoms with van der Waals surface area (Å²) in [7, 11) is 1.59. The summed E-state index contributed by atoms with van der Waals surface area (Å²) in [4.78, 5) is 0. The molecule has 1 heterocycles. The van der Waals surface area contributed by atoms with Crippen molar-refractivity contribution in [1.82, 2.24) is 10.2 Å². The molecule has 4 nitrogen and oxygen atoms in total. The Hall–Kier alpha value is -2.04. The molecule has 0 spiro atoms. The molecule has 0 aliphatic rings. The first kappa shape index (κ1) is 14.9. The summed E-state index contributed by atoms with van der Waals surface area (Å²) in [6, 6.07) is 13.4. The molecule has 0 bridgehead atoms. The van der Waals surface area contributed by atoms with E-state index in [2.05, 4.69) is 15.5 Å². The zero-order chi connectivity index (χ0) is 15.5. The third-order valence-corrected chi connectivity index (χ3v) is 3.89. The maximum Gasteiger partial charge on any atom is 0.159 e. The molecule has 0 saturated carbocycles. The molecule has 0 amide bonds. The molecule has 6 heteroatoms. The minimum Gasteiger partial charge on any atom is -0.495 e. The van der Waals surface area contributed by atoms with E-state index >= 15 is 0 Å². The molecular formula is C16H13Cl2N3O. The quantitative estimate of drug-likeness (QED) is 0.760. The van der Waals surface area contributed by atoms with Crippen molar-refractivity contribution in [3.05, 3.63) is 58.2 Å². The summed E-state index contributed by atoms with van der Waals surface area (Å²) in [6.45, 7) is 0.573. The SMILES string of the molecule is COc1ccc(CNc2nnc(Cl)c3ccccc23)cc1Cl. The topological polar surface area (TPSA) is 47.0 Å². The summed E-state index contributed by atoms with van der Waals surface area (Å²) in [5.41, 5.74) is 1.02. The molecule has 1 N–H and O–H groups in total. The fourth-order valence-electron chi connectivity index (χ4n) is 2.21. The van der Waals surface area contributed by atoms with Crippen LogP contribution in [0.25, 0.3) is 10.8 Å². The number of halogens is 2. The highest BCUT2D eigenvalue weighted by atomic mass is 35.5. The number of methoxy groups -OCH3 is 1. The van der Waals surface area contributed by atoms with Gasteiger partial charge in [0.25, 0.3) is 0 Å². The molecule has 0 atom stereocenters. The Morgan fingerprint density at radius 3 is 2.55 bits per heavy atom. The second kappa shape index (κ2) is 6.38. The third kappa shape index (κ3) is 2.93. The number of nitrogens with one attached hydrogen (secondary N) is 1. The average Bonchev–Trinajstić information content (AvgIpc) is 2.55. The van der Waals surface area contributed by atoms with Crippen molar-refractivity contribution < 1.29 is 4.74 Å². The van der Waals surface area contributed by atoms with Crippen LogP contribution >= 0.6 is 23.2 Å². The third-order valence-electron chi connectivity index (χ3n) is 3.32. The minimum absolute atomic E-state index is 0.397. The molecule has 22 heavy (non-hydrogen) atoms. The van der Waals surface area contributed by atoms with Crippen molar-refractivity contribution in [2.75, 3.05) is 12.4 Å². The van der Waals surface area contributed by atoms with Gasteiger partial charge in [0.15, 0.2) is 11.0 Å². The van der Waals surface area contributed by atoms with Crippen LogP contribution in [0.5, 0.6) is 5.75 Å². The van der Waals surface area contributed by atoms with Gasteiger partial charge < -0.3 is 10.1 Å². The molecule has 0 unspecified atom stereocenters. The lowest BCUT2D eigenvalue weighted by atomic mass is 10.2. The van der Waals surface area contributed by atoms with E-state index in [-0.39, 0.29) is 0 Å². The van der Waals surface area contributed by atoms with E-state index in [1.807, 2.05) is 42.5 Å². The molecule has 0 aliphatic carbocycles. The first-order valence-corrected chi connectivity index (χ1v) is 7.42. The summed E-state index contributed by atoms with van der Waals surface area (Å²) in [6.07, 6.45) is 0. The predicted molar refractivity (Wildman–Crippen MR) is 89.9 cm³/mol. The molecule has 3 aromatic rings. The lowest BCUT2D eigenvalue weighted by Gasteiger charge is -2.10. The lowest BCUT2D eigenvalue weighted by Crippen LogP contribution is -2.03. The maximum atomic E-state index is 6.13. The summed E-state index contributed by atoms with van der Waals surface area (Å²) in [5, 5.41) is 14.1. The molecule has 3 rings (SSSR count). The van der Waals surface area contributed by atoms with Gasteiger partial charge >= 0.3 is 0 Å². The van der Waals surface area contributed by atoms with Crippen molar-refractivity contribution >= 4 is 39.8 Å². The zero-order valence-electron chi connectivity index (χ0n) is 11.8. The van der Waals surface area contributed by atoms with Crippen LogP contribution in [0.3, 0.4) is 0 Å². The van der Waals surface area contributed by atoms with E-state index in [1.165, 1.54) is 0 Å². The Bertz CT molecular complexity index is 824. The van der Waals surface area contributed by atoms with E-state index in [0.29, 0.717) is 28.3 Å². The first-order valence-electron chi connectivity index (χ1n) is 6.66. The molecule has 112 valence electrons. The van der Waals surface area contributed by atoms with Crippen molar-refractivity contribution in [2.24, 2.45) is 0 Å². The van der Waals surface area contributed by atoms with E-state index in [9.17, 15) is 0 Å². The van der Waals surface area contributed by atoms with Gasteiger partial charge in [-0.1, -0.05) is 53.5 Å². The normalized spacial score (nSPS) is 10.7. The fourth-order valence-corrected chi connectivity index (χ4v) is 2.69. The molecular weight excluding hydrogens is 321 g/mol. The predicted octanol–water partition coefficient (Wildman–Crippen LogP) is 4.56. The van der Waals surface area contributed by atoms with Gasteiger partial charge in [-0.15, -0.1) is 10.2 Å². The van der Waals surface area contributed by atoms with Crippen LogP contribution < -0.4 is 10.1 Å². The van der Waals surface area contributed by atoms with Crippen molar-refractivity contribution in [3.63, 3.8) is 0 Å². The number of nitrogens with zero attached hydrogens (tertiary/aromatic N) is 2. The number of anilines is 1. The summed E-state index contributed by atoms with van der Waals surface area (Å²) >= 11 is 12.2. The van der Waals surface area contributed by atoms with E-state index in [0.717, 1.165) is 16.3 Å². The number of fused-ring (bicyclic) bond motifs is 1. The smallest absolute Gasteiger partial charge is 0.159 e. The van der Waals surface area contributed by atoms with Crippen LogP contribution in [0, 0.1) is 0 Å². The van der Waals surface area contributed by atoms with Crippen molar-refractivity contribution in [2.45, 2.75) is 6.54 Å². The number of hydrogen-bond donors (Lipinski definition) is 1. The van der Waals surface area contributed by atoms with Gasteiger partial charge in [-0.2, -0.15) is 0 Å². The Balaban J connectivity index is 1.85. The van der Waals surface area contributed by atoms with Crippen LogP contribution in [0.4, 0.5) is 5.82 Å². The number of hydrogen-bond acceptors (Lipinski definition) is 4. The Kier molecular flexibility index (Phi) is 4.32. The first-order chi connectivity index (χ1) is 10.7. The molecule has 2 aromatic carbocycles. The number of rotatable bonds is 4. The van der Waals surface area contributed by atoms with Gasteiger partial charge in [0, 0.05) is 17.3 Å². The monoisotopic (exact) mass is 333 g/mol. The Morgan fingerprint density at radius 2 is 1.82 bits per heavy atom. The van der Waals surface area contributed by atoms with Gasteiger partial charge in [-0.3, -0.25) is 0 Å². The summed E-state index contributed by atoms with van der Waals surface area (Å²) < 4.78 is 5.14. The number of ether oxygens (including phenoxy) is 1. The van der Waals surface area contributed by atoms with E-state index in [4.69, 9.17) is 27.9 Å². The second-order valence-corrected chi connectivity index (χ2v) is 5.47. The Labute approximate surface area is 138 Å². The highest BCUT2D eigenvalue weighted by molar-refractivity contribution is 6.34. The van der Waals surface area contributed by atoms with E-state index < -0.39 is 0 Å². The van der Waals surface area contributed by atoms with E-state index in [1.54, 1.807) is 7.11 Å². The fraction of sp³-hybridized carbons (Fsp3) is 0.125. The van der Waals surface area contributed by atoms with Crippen LogP contribution in [-0.4, -0.2) is 17.3 Å². The maximum absolute atomic E-state index is 6.13. The van der Waals surface area contributed by atoms with Crippen molar-refractivity contribution in [3.8, 4) is 5.75 Å². The second-order valence-electron chi connectivity index (χ2n) is 4.71.